The molecule has 18 heavy (non-hydrogen) atoms. The highest BCUT2D eigenvalue weighted by atomic mass is 16.3. The second-order valence-electron chi connectivity index (χ2n) is 4.40. The van der Waals surface area contributed by atoms with Crippen LogP contribution >= 0.6 is 0 Å². The van der Waals surface area contributed by atoms with Crippen LogP contribution in [0.15, 0.2) is 23.5 Å². The summed E-state index contributed by atoms with van der Waals surface area (Å²) in [5.41, 5.74) is 0.0224. The average molecular weight is 252 g/mol. The van der Waals surface area contributed by atoms with Gasteiger partial charge in [-0.15, -0.1) is 4.52 Å². The molecule has 1 aliphatic rings. The number of aromatic amines is 1. The fourth-order valence-electron chi connectivity index (χ4n) is 2.26. The zero-order valence-electron chi connectivity index (χ0n) is 9.60. The lowest BCUT2D eigenvalue weighted by Gasteiger charge is -2.12. The van der Waals surface area contributed by atoms with Crippen LogP contribution in [-0.4, -0.2) is 50.8 Å². The molecule has 1 saturated heterocycles. The molecule has 0 radical (unpaired) electrons. The smallest absolute Gasteiger partial charge is 0.352 e. The lowest BCUT2D eigenvalue weighted by molar-refractivity contribution is -0.611. The molecule has 3 N–H and O–H groups in total. The Morgan fingerprint density at radius 1 is 1.56 bits per heavy atom. The van der Waals surface area contributed by atoms with Gasteiger partial charge in [0, 0.05) is 12.1 Å². The summed E-state index contributed by atoms with van der Waals surface area (Å²) in [4.78, 5) is 19.8. The van der Waals surface area contributed by atoms with Crippen LogP contribution in [0.25, 0.3) is 5.65 Å². The molecule has 0 aromatic carbocycles. The highest BCUT2D eigenvalue weighted by molar-refractivity contribution is 5.22. The Labute approximate surface area is 102 Å². The minimum absolute atomic E-state index is 0.0600. The molecule has 0 amide bonds. The third kappa shape index (κ3) is 1.57. The lowest BCUT2D eigenvalue weighted by Crippen LogP contribution is -2.48. The molecule has 96 valence electrons. The Morgan fingerprint density at radius 2 is 2.39 bits per heavy atom. The van der Waals surface area contributed by atoms with E-state index in [0.29, 0.717) is 18.7 Å². The van der Waals surface area contributed by atoms with E-state index in [9.17, 15) is 9.90 Å². The number of fused-ring (bicyclic) bond motifs is 1. The minimum Gasteiger partial charge on any atom is -0.396 e. The number of hydrogen-bond donors (Lipinski definition) is 3. The number of nitrogens with one attached hydrogen (secondary N) is 1. The molecule has 2 aromatic heterocycles. The molecule has 0 spiro atoms. The van der Waals surface area contributed by atoms with Crippen molar-refractivity contribution >= 4 is 5.65 Å². The summed E-state index contributed by atoms with van der Waals surface area (Å²) in [7, 11) is 0. The van der Waals surface area contributed by atoms with Gasteiger partial charge < -0.3 is 15.2 Å². The number of aliphatic hydroxyl groups excluding tert-OH is 2. The molecule has 3 rings (SSSR count). The van der Waals surface area contributed by atoms with Crippen molar-refractivity contribution in [1.29, 1.82) is 0 Å². The van der Waals surface area contributed by atoms with E-state index >= 15 is 0 Å². The Balaban J connectivity index is 2.01. The number of β-amino-alcohol motifs (C(OH)–C–C–N with tert-alkyl or cyclic N) is 1. The van der Waals surface area contributed by atoms with E-state index in [2.05, 4.69) is 9.97 Å². The zero-order valence-corrected chi connectivity index (χ0v) is 9.60. The van der Waals surface area contributed by atoms with E-state index in [1.54, 1.807) is 15.5 Å². The summed E-state index contributed by atoms with van der Waals surface area (Å²) in [5, 5.41) is 20.7. The number of rotatable bonds is 2. The molecule has 1 aliphatic heterocycles. The molecule has 3 heterocycles. The second-order valence-corrected chi connectivity index (χ2v) is 4.40. The maximum absolute atomic E-state index is 11.5. The van der Waals surface area contributed by atoms with E-state index in [1.807, 2.05) is 5.01 Å². The lowest BCUT2D eigenvalue weighted by atomic mass is 10.1. The predicted octanol–water partition coefficient (Wildman–Crippen LogP) is -2.77. The molecule has 2 atom stereocenters. The summed E-state index contributed by atoms with van der Waals surface area (Å²) in [6.07, 6.45) is 4.17. The topological polar surface area (TPSA) is 98.5 Å². The van der Waals surface area contributed by atoms with Gasteiger partial charge in [-0.25, -0.2) is 5.01 Å². The molecule has 0 aliphatic carbocycles. The predicted molar refractivity (Wildman–Crippen MR) is 60.5 cm³/mol. The Kier molecular flexibility index (Phi) is 2.53. The van der Waals surface area contributed by atoms with Crippen LogP contribution in [0.1, 0.15) is 0 Å². The van der Waals surface area contributed by atoms with Gasteiger partial charge in [0.25, 0.3) is 0 Å². The molecular weight excluding hydrogens is 238 g/mol. The highest BCUT2D eigenvalue weighted by Crippen LogP contribution is 2.14. The van der Waals surface area contributed by atoms with Crippen LogP contribution in [-0.2, 0) is 0 Å². The molecule has 0 bridgehead atoms. The maximum Gasteiger partial charge on any atom is 0.352 e. The van der Waals surface area contributed by atoms with Gasteiger partial charge in [0.2, 0.25) is 6.33 Å². The maximum atomic E-state index is 11.5. The SMILES string of the molecule is O=c1[nH]cc[n+]2c1ncn2N1C[C@H](CO)[C@H](O)C1. The molecule has 1 fully saturated rings. The van der Waals surface area contributed by atoms with E-state index in [1.165, 1.54) is 12.5 Å². The number of hydrogen-bond acceptors (Lipinski definition) is 5. The fraction of sp³-hybridized carbons (Fsp3) is 0.500. The Bertz CT molecular complexity index is 621. The number of nitrogens with zero attached hydrogens (tertiary/aromatic N) is 4. The third-order valence-corrected chi connectivity index (χ3v) is 3.27. The quantitative estimate of drug-likeness (QED) is 0.503. The first-order valence-electron chi connectivity index (χ1n) is 5.71. The monoisotopic (exact) mass is 252 g/mol. The number of H-pyrrole nitrogens is 1. The molecule has 0 unspecified atom stereocenters. The van der Waals surface area contributed by atoms with Crippen molar-refractivity contribution in [3.8, 4) is 0 Å². The highest BCUT2D eigenvalue weighted by Gasteiger charge is 2.35. The number of aliphatic hydroxyl groups is 2. The standard InChI is InChI=1S/C10H13N5O3/c16-5-7-3-13(4-8(7)17)15-6-12-9-10(18)11-1-2-14(9)15/h1-2,6-8,16-17H,3-5H2/p+1/t7-,8-/m1/s1. The summed E-state index contributed by atoms with van der Waals surface area (Å²) in [6, 6.07) is 0. The van der Waals surface area contributed by atoms with Gasteiger partial charge in [0.15, 0.2) is 0 Å². The minimum atomic E-state index is -0.574. The summed E-state index contributed by atoms with van der Waals surface area (Å²) in [5.74, 6) is -0.176. The Hall–Kier alpha value is -1.93. The van der Waals surface area contributed by atoms with Crippen LogP contribution in [0.4, 0.5) is 0 Å². The zero-order chi connectivity index (χ0) is 12.7. The van der Waals surface area contributed by atoms with Crippen LogP contribution in [0.5, 0.6) is 0 Å². The summed E-state index contributed by atoms with van der Waals surface area (Å²) in [6.45, 7) is 0.856. The van der Waals surface area contributed by atoms with Gasteiger partial charge in [-0.3, -0.25) is 4.79 Å². The van der Waals surface area contributed by atoms with Crippen molar-refractivity contribution < 1.29 is 14.7 Å². The van der Waals surface area contributed by atoms with Gasteiger partial charge in [0.05, 0.1) is 19.3 Å². The third-order valence-electron chi connectivity index (χ3n) is 3.27. The first-order chi connectivity index (χ1) is 8.70. The van der Waals surface area contributed by atoms with Crippen LogP contribution < -0.4 is 15.1 Å². The van der Waals surface area contributed by atoms with Gasteiger partial charge >= 0.3 is 11.2 Å². The van der Waals surface area contributed by atoms with E-state index in [0.717, 1.165) is 0 Å². The molecular formula is C10H14N5O3+. The van der Waals surface area contributed by atoms with Gasteiger partial charge in [0.1, 0.15) is 12.7 Å². The van der Waals surface area contributed by atoms with Crippen LogP contribution in [0.2, 0.25) is 0 Å². The van der Waals surface area contributed by atoms with Gasteiger partial charge in [-0.2, -0.15) is 0 Å². The average Bonchev–Trinajstić information content (AvgIpc) is 2.93. The van der Waals surface area contributed by atoms with Crippen molar-refractivity contribution in [3.63, 3.8) is 0 Å². The van der Waals surface area contributed by atoms with E-state index in [4.69, 9.17) is 5.11 Å². The van der Waals surface area contributed by atoms with Crippen molar-refractivity contribution in [2.45, 2.75) is 6.10 Å². The first-order valence-corrected chi connectivity index (χ1v) is 5.71. The van der Waals surface area contributed by atoms with E-state index in [-0.39, 0.29) is 18.1 Å². The largest absolute Gasteiger partial charge is 0.396 e. The fourth-order valence-corrected chi connectivity index (χ4v) is 2.26. The molecule has 8 heteroatoms. The Morgan fingerprint density at radius 3 is 3.11 bits per heavy atom. The van der Waals surface area contributed by atoms with E-state index < -0.39 is 6.10 Å². The normalized spacial score (nSPS) is 24.0. The summed E-state index contributed by atoms with van der Waals surface area (Å²) >= 11 is 0. The van der Waals surface area contributed by atoms with Crippen molar-refractivity contribution in [1.82, 2.24) is 14.8 Å². The van der Waals surface area contributed by atoms with Gasteiger partial charge in [-0.1, -0.05) is 9.77 Å². The molecule has 8 nitrogen and oxygen atoms in total. The van der Waals surface area contributed by atoms with Crippen molar-refractivity contribution in [2.24, 2.45) is 5.92 Å². The van der Waals surface area contributed by atoms with Crippen LogP contribution in [0.3, 0.4) is 0 Å². The second kappa shape index (κ2) is 4.07. The van der Waals surface area contributed by atoms with Gasteiger partial charge in [-0.05, 0) is 0 Å². The van der Waals surface area contributed by atoms with Crippen molar-refractivity contribution in [2.75, 3.05) is 24.7 Å². The van der Waals surface area contributed by atoms with Crippen LogP contribution in [0, 0.1) is 5.92 Å². The molecule has 0 saturated carbocycles. The molecule has 2 aromatic rings. The van der Waals surface area contributed by atoms with Crippen molar-refractivity contribution in [3.05, 3.63) is 29.1 Å². The first kappa shape index (κ1) is 11.2. The summed E-state index contributed by atoms with van der Waals surface area (Å²) < 4.78 is 1.60. The number of aromatic nitrogens is 4.